The van der Waals surface area contributed by atoms with Gasteiger partial charge < -0.3 is 10.1 Å². The Morgan fingerprint density at radius 3 is 2.67 bits per heavy atom. The maximum atomic E-state index is 11.4. The molecule has 0 heterocycles. The first-order valence-electron chi connectivity index (χ1n) is 11.3. The summed E-state index contributed by atoms with van der Waals surface area (Å²) in [6, 6.07) is 0.626. The van der Waals surface area contributed by atoms with Gasteiger partial charge in [-0.25, -0.2) is 0 Å². The summed E-state index contributed by atoms with van der Waals surface area (Å²) >= 11 is 0. The highest BCUT2D eigenvalue weighted by molar-refractivity contribution is 5.66. The summed E-state index contributed by atoms with van der Waals surface area (Å²) in [6.45, 7) is 9.08. The second-order valence-corrected chi connectivity index (χ2v) is 10.5. The molecule has 0 aromatic heterocycles. The number of ether oxygens (including phenoxy) is 1. The third kappa shape index (κ3) is 2.99. The zero-order valence-electron chi connectivity index (χ0n) is 18.0. The smallest absolute Gasteiger partial charge is 0.302 e. The number of carbonyl (C=O) groups excluding carboxylic acids is 1. The Morgan fingerprint density at radius 2 is 1.96 bits per heavy atom. The average molecular weight is 374 g/mol. The van der Waals surface area contributed by atoms with Gasteiger partial charge in [0.2, 0.25) is 0 Å². The molecule has 0 aromatic rings. The number of hydrogen-bond donors (Lipinski definition) is 1. The van der Waals surface area contributed by atoms with Crippen LogP contribution in [0.3, 0.4) is 0 Å². The van der Waals surface area contributed by atoms with Crippen molar-refractivity contribution in [1.29, 1.82) is 0 Å². The number of hydrogen-bond acceptors (Lipinski definition) is 3. The van der Waals surface area contributed by atoms with E-state index >= 15 is 0 Å². The van der Waals surface area contributed by atoms with E-state index in [1.165, 1.54) is 38.5 Å². The van der Waals surface area contributed by atoms with Gasteiger partial charge >= 0.3 is 5.97 Å². The zero-order valence-corrected chi connectivity index (χ0v) is 18.0. The van der Waals surface area contributed by atoms with Crippen molar-refractivity contribution in [1.82, 2.24) is 5.32 Å². The third-order valence-corrected chi connectivity index (χ3v) is 9.52. The monoisotopic (exact) mass is 373 g/mol. The number of carbonyl (C=O) groups is 1. The van der Waals surface area contributed by atoms with Gasteiger partial charge in [-0.3, -0.25) is 4.79 Å². The van der Waals surface area contributed by atoms with Crippen molar-refractivity contribution in [2.24, 2.45) is 34.5 Å². The molecule has 0 saturated heterocycles. The van der Waals surface area contributed by atoms with E-state index in [1.807, 2.05) is 0 Å². The van der Waals surface area contributed by atoms with Gasteiger partial charge in [-0.05, 0) is 93.4 Å². The van der Waals surface area contributed by atoms with Crippen LogP contribution < -0.4 is 5.32 Å². The van der Waals surface area contributed by atoms with E-state index in [4.69, 9.17) is 4.74 Å². The van der Waals surface area contributed by atoms with Crippen LogP contribution in [0.25, 0.3) is 0 Å². The van der Waals surface area contributed by atoms with Gasteiger partial charge in [0, 0.05) is 19.4 Å². The van der Waals surface area contributed by atoms with Crippen LogP contribution in [0.5, 0.6) is 0 Å². The summed E-state index contributed by atoms with van der Waals surface area (Å²) in [4.78, 5) is 11.4. The van der Waals surface area contributed by atoms with Crippen LogP contribution in [0, 0.1) is 34.5 Å². The largest absolute Gasteiger partial charge is 0.462 e. The first-order valence-corrected chi connectivity index (χ1v) is 11.3. The van der Waals surface area contributed by atoms with Crippen molar-refractivity contribution >= 4 is 5.97 Å². The maximum Gasteiger partial charge on any atom is 0.302 e. The van der Waals surface area contributed by atoms with Crippen molar-refractivity contribution in [2.75, 3.05) is 7.05 Å². The number of rotatable bonds is 3. The normalized spacial score (nSPS) is 47.3. The van der Waals surface area contributed by atoms with Crippen molar-refractivity contribution in [3.05, 3.63) is 11.6 Å². The fraction of sp³-hybridized carbons (Fsp3) is 0.875. The minimum absolute atomic E-state index is 0.111. The van der Waals surface area contributed by atoms with E-state index < -0.39 is 0 Å². The molecule has 0 amide bonds. The molecule has 4 aliphatic rings. The van der Waals surface area contributed by atoms with Crippen LogP contribution >= 0.6 is 0 Å². The van der Waals surface area contributed by atoms with Crippen LogP contribution in [0.15, 0.2) is 11.6 Å². The van der Waals surface area contributed by atoms with Gasteiger partial charge in [-0.15, -0.1) is 0 Å². The number of allylic oxidation sites excluding steroid dienone is 1. The van der Waals surface area contributed by atoms with Crippen LogP contribution in [0.4, 0.5) is 0 Å². The van der Waals surface area contributed by atoms with E-state index in [0.717, 1.165) is 36.5 Å². The lowest BCUT2D eigenvalue weighted by Crippen LogP contribution is -2.52. The second-order valence-electron chi connectivity index (χ2n) is 10.5. The molecule has 0 radical (unpaired) electrons. The highest BCUT2D eigenvalue weighted by Gasteiger charge is 2.59. The molecule has 0 aliphatic heterocycles. The highest BCUT2D eigenvalue weighted by Crippen LogP contribution is 2.66. The molecule has 3 fully saturated rings. The Balaban J connectivity index is 1.56. The van der Waals surface area contributed by atoms with Gasteiger partial charge in [-0.2, -0.15) is 0 Å². The minimum atomic E-state index is -0.123. The summed E-state index contributed by atoms with van der Waals surface area (Å²) in [7, 11) is 2.13. The lowest BCUT2D eigenvalue weighted by molar-refractivity contribution is -0.148. The molecule has 0 bridgehead atoms. The molecular formula is C24H39NO2. The third-order valence-electron chi connectivity index (χ3n) is 9.52. The van der Waals surface area contributed by atoms with Gasteiger partial charge in [-0.1, -0.05) is 25.5 Å². The molecule has 0 unspecified atom stereocenters. The molecule has 1 N–H and O–H groups in total. The van der Waals surface area contributed by atoms with Crippen LogP contribution in [-0.4, -0.2) is 25.2 Å². The Bertz CT molecular complexity index is 628. The molecule has 3 nitrogen and oxygen atoms in total. The van der Waals surface area contributed by atoms with E-state index in [-0.39, 0.29) is 12.1 Å². The Morgan fingerprint density at radius 1 is 1.19 bits per heavy atom. The Hall–Kier alpha value is -0.830. The van der Waals surface area contributed by atoms with Crippen LogP contribution in [0.2, 0.25) is 0 Å². The molecule has 0 spiro atoms. The first-order chi connectivity index (χ1) is 12.8. The Kier molecular flexibility index (Phi) is 4.98. The molecule has 4 aliphatic carbocycles. The molecule has 152 valence electrons. The molecule has 27 heavy (non-hydrogen) atoms. The summed E-state index contributed by atoms with van der Waals surface area (Å²) < 4.78 is 5.57. The maximum absolute atomic E-state index is 11.4. The summed E-state index contributed by atoms with van der Waals surface area (Å²) in [6.07, 6.45) is 12.7. The van der Waals surface area contributed by atoms with Crippen molar-refractivity contribution in [3.8, 4) is 0 Å². The molecule has 0 aromatic carbocycles. The van der Waals surface area contributed by atoms with Crippen LogP contribution in [-0.2, 0) is 9.53 Å². The second kappa shape index (κ2) is 6.90. The summed E-state index contributed by atoms with van der Waals surface area (Å²) in [5, 5.41) is 3.56. The summed E-state index contributed by atoms with van der Waals surface area (Å²) in [5.74, 6) is 3.28. The summed E-state index contributed by atoms with van der Waals surface area (Å²) in [5.41, 5.74) is 2.45. The van der Waals surface area contributed by atoms with E-state index in [2.05, 4.69) is 39.2 Å². The average Bonchev–Trinajstić information content (AvgIpc) is 2.98. The number of esters is 1. The first kappa shape index (κ1) is 19.5. The molecule has 4 rings (SSSR count). The zero-order chi connectivity index (χ0) is 19.4. The van der Waals surface area contributed by atoms with Crippen LogP contribution in [0.1, 0.15) is 79.1 Å². The lowest BCUT2D eigenvalue weighted by Gasteiger charge is -2.58. The fourth-order valence-corrected chi connectivity index (χ4v) is 8.03. The van der Waals surface area contributed by atoms with E-state index in [1.54, 1.807) is 12.5 Å². The molecule has 3 heteroatoms. The van der Waals surface area contributed by atoms with Crippen molar-refractivity contribution in [2.45, 2.75) is 91.2 Å². The lowest BCUT2D eigenvalue weighted by atomic mass is 9.47. The number of nitrogens with one attached hydrogen (secondary N) is 1. The van der Waals surface area contributed by atoms with E-state index in [0.29, 0.717) is 16.9 Å². The van der Waals surface area contributed by atoms with E-state index in [9.17, 15) is 4.79 Å². The predicted molar refractivity (Wildman–Crippen MR) is 109 cm³/mol. The van der Waals surface area contributed by atoms with Crippen molar-refractivity contribution in [3.63, 3.8) is 0 Å². The molecular weight excluding hydrogens is 334 g/mol. The standard InChI is InChI=1S/C24H39NO2/c1-15(25-5)20-8-9-21-19-7-6-17-14-18(27-16(2)26)10-12-23(17,3)22(19)11-13-24(20,21)4/h6,15,18-22,25H,7-14H2,1-5H3/t15-,18-,19+,20+,21-,22+,23-,24+/m0/s1. The molecule has 3 saturated carbocycles. The Labute approximate surface area is 165 Å². The van der Waals surface area contributed by atoms with Gasteiger partial charge in [0.25, 0.3) is 0 Å². The van der Waals surface area contributed by atoms with Gasteiger partial charge in [0.15, 0.2) is 0 Å². The quantitative estimate of drug-likeness (QED) is 0.552. The predicted octanol–water partition coefficient (Wildman–Crippen LogP) is 5.11. The highest BCUT2D eigenvalue weighted by atomic mass is 16.5. The van der Waals surface area contributed by atoms with Gasteiger partial charge in [0.05, 0.1) is 0 Å². The minimum Gasteiger partial charge on any atom is -0.462 e. The van der Waals surface area contributed by atoms with Crippen molar-refractivity contribution < 1.29 is 9.53 Å². The van der Waals surface area contributed by atoms with Gasteiger partial charge in [0.1, 0.15) is 6.10 Å². The molecule has 8 atom stereocenters. The SMILES string of the molecule is CN[C@@H](C)[C@H]1CC[C@H]2[C@H]3CC=C4C[C@@H](OC(C)=O)CC[C@]4(C)[C@@H]3CC[C@]12C. The topological polar surface area (TPSA) is 38.3 Å². The number of fused-ring (bicyclic) bond motifs is 5. The fourth-order valence-electron chi connectivity index (χ4n) is 8.03.